The second kappa shape index (κ2) is 6.23. The lowest BCUT2D eigenvalue weighted by molar-refractivity contribution is -0.121. The summed E-state index contributed by atoms with van der Waals surface area (Å²) in [6.07, 6.45) is 2.82. The Kier molecular flexibility index (Phi) is 4.61. The van der Waals surface area contributed by atoms with Gasteiger partial charge in [-0.3, -0.25) is 4.79 Å². The Balaban J connectivity index is 1.76. The van der Waals surface area contributed by atoms with E-state index in [1.165, 1.54) is 24.3 Å². The van der Waals surface area contributed by atoms with Gasteiger partial charge in [-0.25, -0.2) is 13.1 Å². The first-order chi connectivity index (χ1) is 9.47. The van der Waals surface area contributed by atoms with Crippen LogP contribution >= 0.6 is 0 Å². The van der Waals surface area contributed by atoms with Crippen molar-refractivity contribution < 1.29 is 18.3 Å². The van der Waals surface area contributed by atoms with Crippen LogP contribution in [0, 0.1) is 0 Å². The average molecular weight is 298 g/mol. The fraction of sp³-hybridized carbons (Fsp3) is 0.462. The number of hydrogen-bond donors (Lipinski definition) is 3. The number of hydrogen-bond acceptors (Lipinski definition) is 4. The van der Waals surface area contributed by atoms with Crippen molar-refractivity contribution in [3.05, 3.63) is 24.3 Å². The molecule has 0 aliphatic heterocycles. The standard InChI is InChI=1S/C13H18N2O4S/c16-11-3-1-4-12(9-11)20(18,19)14-8-2-5-13(17)15-10-6-7-10/h1,3-4,9-10,14,16H,2,5-8H2,(H,15,17). The van der Waals surface area contributed by atoms with Crippen molar-refractivity contribution in [2.45, 2.75) is 36.6 Å². The molecule has 0 aromatic heterocycles. The molecule has 2 rings (SSSR count). The van der Waals surface area contributed by atoms with Crippen LogP contribution < -0.4 is 10.0 Å². The SMILES string of the molecule is O=C(CCCNS(=O)(=O)c1cccc(O)c1)NC1CC1. The summed E-state index contributed by atoms with van der Waals surface area (Å²) in [6, 6.07) is 5.78. The lowest BCUT2D eigenvalue weighted by atomic mass is 10.3. The lowest BCUT2D eigenvalue weighted by Gasteiger charge is -2.07. The minimum atomic E-state index is -3.63. The van der Waals surface area contributed by atoms with Gasteiger partial charge in [0.05, 0.1) is 4.90 Å². The van der Waals surface area contributed by atoms with Gasteiger partial charge in [0.25, 0.3) is 0 Å². The highest BCUT2D eigenvalue weighted by Gasteiger charge is 2.22. The van der Waals surface area contributed by atoms with Crippen LogP contribution in [0.1, 0.15) is 25.7 Å². The quantitative estimate of drug-likeness (QED) is 0.647. The van der Waals surface area contributed by atoms with E-state index in [1.54, 1.807) is 0 Å². The molecule has 0 bridgehead atoms. The van der Waals surface area contributed by atoms with Gasteiger partial charge in [0.1, 0.15) is 5.75 Å². The fourth-order valence-electron chi connectivity index (χ4n) is 1.72. The Labute approximate surface area is 118 Å². The molecule has 110 valence electrons. The summed E-state index contributed by atoms with van der Waals surface area (Å²) in [5.74, 6) is -0.138. The molecule has 3 N–H and O–H groups in total. The third kappa shape index (κ3) is 4.50. The zero-order valence-electron chi connectivity index (χ0n) is 11.0. The van der Waals surface area contributed by atoms with Crippen molar-refractivity contribution in [1.29, 1.82) is 0 Å². The van der Waals surface area contributed by atoms with Crippen molar-refractivity contribution in [1.82, 2.24) is 10.0 Å². The number of benzene rings is 1. The molecule has 1 amide bonds. The number of carbonyl (C=O) groups excluding carboxylic acids is 1. The van der Waals surface area contributed by atoms with E-state index in [9.17, 15) is 18.3 Å². The molecule has 7 heteroatoms. The number of phenolic OH excluding ortho intramolecular Hbond substituents is 1. The van der Waals surface area contributed by atoms with Crippen LogP contribution in [0.3, 0.4) is 0 Å². The van der Waals surface area contributed by atoms with Gasteiger partial charge in [-0.1, -0.05) is 6.07 Å². The van der Waals surface area contributed by atoms with Gasteiger partial charge in [-0.2, -0.15) is 0 Å². The Morgan fingerprint density at radius 3 is 2.75 bits per heavy atom. The number of aromatic hydroxyl groups is 1. The fourth-order valence-corrected chi connectivity index (χ4v) is 2.83. The maximum atomic E-state index is 11.9. The van der Waals surface area contributed by atoms with E-state index >= 15 is 0 Å². The maximum Gasteiger partial charge on any atom is 0.240 e. The highest BCUT2D eigenvalue weighted by atomic mass is 32.2. The molecule has 0 atom stereocenters. The molecule has 20 heavy (non-hydrogen) atoms. The number of sulfonamides is 1. The van der Waals surface area contributed by atoms with Gasteiger partial charge in [-0.05, 0) is 37.5 Å². The first-order valence-electron chi connectivity index (χ1n) is 6.55. The molecule has 1 aromatic carbocycles. The van der Waals surface area contributed by atoms with E-state index in [1.807, 2.05) is 0 Å². The Morgan fingerprint density at radius 1 is 1.35 bits per heavy atom. The molecule has 1 aliphatic carbocycles. The Bertz CT molecular complexity index is 582. The third-order valence-electron chi connectivity index (χ3n) is 2.94. The maximum absolute atomic E-state index is 11.9. The normalized spacial score (nSPS) is 15.0. The first kappa shape index (κ1) is 14.8. The summed E-state index contributed by atoms with van der Waals surface area (Å²) in [5, 5.41) is 12.1. The summed E-state index contributed by atoms with van der Waals surface area (Å²) < 4.78 is 26.2. The zero-order chi connectivity index (χ0) is 14.6. The van der Waals surface area contributed by atoms with Crippen molar-refractivity contribution in [3.63, 3.8) is 0 Å². The highest BCUT2D eigenvalue weighted by molar-refractivity contribution is 7.89. The van der Waals surface area contributed by atoms with Crippen LogP contribution in [0.15, 0.2) is 29.2 Å². The molecule has 0 spiro atoms. The second-order valence-corrected chi connectivity index (χ2v) is 6.61. The molecular weight excluding hydrogens is 280 g/mol. The average Bonchev–Trinajstić information content (AvgIpc) is 3.19. The molecular formula is C13H18N2O4S. The smallest absolute Gasteiger partial charge is 0.240 e. The summed E-state index contributed by atoms with van der Waals surface area (Å²) >= 11 is 0. The molecule has 1 aliphatic rings. The first-order valence-corrected chi connectivity index (χ1v) is 8.04. The molecule has 1 aromatic rings. The summed E-state index contributed by atoms with van der Waals surface area (Å²) in [6.45, 7) is 0.191. The van der Waals surface area contributed by atoms with E-state index < -0.39 is 10.0 Å². The minimum absolute atomic E-state index is 0.0138. The topological polar surface area (TPSA) is 95.5 Å². The van der Waals surface area contributed by atoms with Gasteiger partial charge in [0.15, 0.2) is 0 Å². The number of rotatable bonds is 7. The summed E-state index contributed by atoms with van der Waals surface area (Å²) in [4.78, 5) is 11.4. The number of amides is 1. The van der Waals surface area contributed by atoms with Crippen LogP contribution in [0.5, 0.6) is 5.75 Å². The van der Waals surface area contributed by atoms with E-state index in [-0.39, 0.29) is 23.1 Å². The van der Waals surface area contributed by atoms with E-state index in [0.717, 1.165) is 12.8 Å². The number of carbonyl (C=O) groups is 1. The molecule has 0 radical (unpaired) electrons. The molecule has 1 saturated carbocycles. The number of phenols is 1. The van der Waals surface area contributed by atoms with Crippen molar-refractivity contribution in [2.24, 2.45) is 0 Å². The van der Waals surface area contributed by atoms with Gasteiger partial charge in [-0.15, -0.1) is 0 Å². The molecule has 0 heterocycles. The largest absolute Gasteiger partial charge is 0.508 e. The van der Waals surface area contributed by atoms with Gasteiger partial charge < -0.3 is 10.4 Å². The molecule has 1 fully saturated rings. The minimum Gasteiger partial charge on any atom is -0.508 e. The highest BCUT2D eigenvalue weighted by Crippen LogP contribution is 2.18. The van der Waals surface area contributed by atoms with Gasteiger partial charge in [0, 0.05) is 19.0 Å². The van der Waals surface area contributed by atoms with Crippen molar-refractivity contribution in [3.8, 4) is 5.75 Å². The van der Waals surface area contributed by atoms with E-state index in [2.05, 4.69) is 10.0 Å². The van der Waals surface area contributed by atoms with Gasteiger partial charge >= 0.3 is 0 Å². The Hall–Kier alpha value is -1.60. The van der Waals surface area contributed by atoms with Crippen molar-refractivity contribution in [2.75, 3.05) is 6.54 Å². The van der Waals surface area contributed by atoms with Crippen LogP contribution in [0.2, 0.25) is 0 Å². The summed E-state index contributed by atoms with van der Waals surface area (Å²) in [5.41, 5.74) is 0. The Morgan fingerprint density at radius 2 is 2.10 bits per heavy atom. The van der Waals surface area contributed by atoms with E-state index in [4.69, 9.17) is 0 Å². The van der Waals surface area contributed by atoms with Crippen LogP contribution in [-0.2, 0) is 14.8 Å². The van der Waals surface area contributed by atoms with Crippen molar-refractivity contribution >= 4 is 15.9 Å². The zero-order valence-corrected chi connectivity index (χ0v) is 11.8. The second-order valence-electron chi connectivity index (χ2n) is 4.84. The predicted octanol–water partition coefficient (Wildman–Crippen LogP) is 0.729. The molecule has 0 saturated heterocycles. The molecule has 6 nitrogen and oxygen atoms in total. The predicted molar refractivity (Wildman–Crippen MR) is 73.7 cm³/mol. The third-order valence-corrected chi connectivity index (χ3v) is 4.40. The van der Waals surface area contributed by atoms with Gasteiger partial charge in [0.2, 0.25) is 15.9 Å². The summed E-state index contributed by atoms with van der Waals surface area (Å²) in [7, 11) is -3.63. The lowest BCUT2D eigenvalue weighted by Crippen LogP contribution is -2.28. The van der Waals surface area contributed by atoms with E-state index in [0.29, 0.717) is 18.9 Å². The monoisotopic (exact) mass is 298 g/mol. The van der Waals surface area contributed by atoms with Crippen LogP contribution in [0.25, 0.3) is 0 Å². The van der Waals surface area contributed by atoms with Crippen LogP contribution in [-0.4, -0.2) is 32.0 Å². The number of nitrogens with one attached hydrogen (secondary N) is 2. The van der Waals surface area contributed by atoms with Crippen LogP contribution in [0.4, 0.5) is 0 Å². The molecule has 0 unspecified atom stereocenters.